The van der Waals surface area contributed by atoms with Gasteiger partial charge in [0.05, 0.1) is 35.2 Å². The van der Waals surface area contributed by atoms with Gasteiger partial charge in [-0.1, -0.05) is 31.4 Å². The van der Waals surface area contributed by atoms with Crippen LogP contribution in [0.3, 0.4) is 0 Å². The van der Waals surface area contributed by atoms with Crippen molar-refractivity contribution < 1.29 is 9.13 Å². The number of rotatable bonds is 4. The first kappa shape index (κ1) is 22.6. The molecule has 0 bridgehead atoms. The van der Waals surface area contributed by atoms with Gasteiger partial charge in [0.1, 0.15) is 24.2 Å². The van der Waals surface area contributed by atoms with Crippen molar-refractivity contribution in [1.29, 1.82) is 5.26 Å². The van der Waals surface area contributed by atoms with Crippen LogP contribution in [0.2, 0.25) is 0 Å². The zero-order valence-electron chi connectivity index (χ0n) is 20.5. The summed E-state index contributed by atoms with van der Waals surface area (Å²) < 4.78 is 23.0. The minimum absolute atomic E-state index is 0.0421. The van der Waals surface area contributed by atoms with Crippen LogP contribution in [0.25, 0.3) is 33.3 Å². The number of benzene rings is 2. The third kappa shape index (κ3) is 3.99. The van der Waals surface area contributed by atoms with Gasteiger partial charge in [-0.2, -0.15) is 5.26 Å². The number of pyridine rings is 1. The first-order valence-electron chi connectivity index (χ1n) is 12.8. The molecule has 2 aromatic carbocycles. The van der Waals surface area contributed by atoms with Crippen LogP contribution in [0.15, 0.2) is 54.9 Å². The van der Waals surface area contributed by atoms with Gasteiger partial charge < -0.3 is 14.2 Å². The predicted molar refractivity (Wildman–Crippen MR) is 141 cm³/mol. The van der Waals surface area contributed by atoms with Crippen LogP contribution in [-0.4, -0.2) is 29.8 Å². The van der Waals surface area contributed by atoms with Crippen molar-refractivity contribution in [2.45, 2.75) is 38.6 Å². The van der Waals surface area contributed by atoms with Crippen molar-refractivity contribution >= 4 is 16.6 Å². The number of hydrogen-bond donors (Lipinski definition) is 0. The molecule has 1 aliphatic carbocycles. The van der Waals surface area contributed by atoms with Crippen molar-refractivity contribution in [3.63, 3.8) is 0 Å². The smallest absolute Gasteiger partial charge is 0.143 e. The molecule has 1 fully saturated rings. The van der Waals surface area contributed by atoms with E-state index < -0.39 is 5.82 Å². The summed E-state index contributed by atoms with van der Waals surface area (Å²) in [6.45, 7) is 2.46. The van der Waals surface area contributed by atoms with Crippen LogP contribution < -0.4 is 9.64 Å². The van der Waals surface area contributed by atoms with E-state index in [4.69, 9.17) is 9.72 Å². The maximum absolute atomic E-state index is 14.8. The maximum atomic E-state index is 14.8. The van der Waals surface area contributed by atoms with Crippen molar-refractivity contribution in [2.24, 2.45) is 5.92 Å². The van der Waals surface area contributed by atoms with Crippen molar-refractivity contribution in [2.75, 3.05) is 25.1 Å². The minimum atomic E-state index is -0.519. The van der Waals surface area contributed by atoms with E-state index in [1.807, 2.05) is 24.4 Å². The number of nitriles is 1. The molecule has 1 aliphatic heterocycles. The average molecular weight is 481 g/mol. The summed E-state index contributed by atoms with van der Waals surface area (Å²) in [5.41, 5.74) is 5.44. The third-order valence-corrected chi connectivity index (χ3v) is 7.72. The second-order valence-electron chi connectivity index (χ2n) is 10.0. The lowest BCUT2D eigenvalue weighted by molar-refractivity contribution is 0.311. The van der Waals surface area contributed by atoms with Gasteiger partial charge in [0.25, 0.3) is 0 Å². The zero-order chi connectivity index (χ0) is 24.6. The number of likely N-dealkylation sites (N-methyl/N-ethyl adjacent to an activating group) is 1. The van der Waals surface area contributed by atoms with Crippen molar-refractivity contribution in [3.8, 4) is 34.2 Å². The van der Waals surface area contributed by atoms with Gasteiger partial charge in [0.15, 0.2) is 0 Å². The van der Waals surface area contributed by atoms with E-state index in [1.54, 1.807) is 6.07 Å². The van der Waals surface area contributed by atoms with E-state index in [1.165, 1.54) is 38.2 Å². The van der Waals surface area contributed by atoms with Gasteiger partial charge in [0, 0.05) is 36.3 Å². The number of nitrogens with zero attached hydrogens (tertiary/aromatic N) is 4. The van der Waals surface area contributed by atoms with Gasteiger partial charge in [0.2, 0.25) is 0 Å². The quantitative estimate of drug-likeness (QED) is 0.323. The van der Waals surface area contributed by atoms with Gasteiger partial charge in [-0.15, -0.1) is 0 Å². The summed E-state index contributed by atoms with van der Waals surface area (Å²) in [5, 5.41) is 10.3. The SMILES string of the molecule is CN1CCOc2cc(-c3ncc4c(ccn4CC4CCCCC4)c3-c3ccc(C#N)c(F)c3)ccc21. The molecule has 2 aliphatic rings. The number of halogens is 1. The minimum Gasteiger partial charge on any atom is -0.490 e. The molecule has 1 saturated carbocycles. The number of fused-ring (bicyclic) bond motifs is 2. The van der Waals surface area contributed by atoms with Gasteiger partial charge >= 0.3 is 0 Å². The highest BCUT2D eigenvalue weighted by molar-refractivity contribution is 6.02. The summed E-state index contributed by atoms with van der Waals surface area (Å²) in [7, 11) is 2.06. The standard InChI is InChI=1S/C30H29FN4O/c1-34-13-14-36-28-16-22(9-10-26(28)34)30-29(21-7-8-23(17-32)25(31)15-21)24-11-12-35(27(24)18-33-30)19-20-5-3-2-4-6-20/h7-12,15-16,18,20H,2-6,13-14,19H2,1H3. The number of ether oxygens (including phenoxy) is 1. The summed E-state index contributed by atoms with van der Waals surface area (Å²) >= 11 is 0. The highest BCUT2D eigenvalue weighted by Gasteiger charge is 2.22. The van der Waals surface area contributed by atoms with E-state index in [0.29, 0.717) is 18.1 Å². The second kappa shape index (κ2) is 9.31. The van der Waals surface area contributed by atoms with E-state index in [2.05, 4.69) is 40.9 Å². The summed E-state index contributed by atoms with van der Waals surface area (Å²) in [4.78, 5) is 7.12. The van der Waals surface area contributed by atoms with Gasteiger partial charge in [-0.3, -0.25) is 4.98 Å². The molecule has 3 heterocycles. The third-order valence-electron chi connectivity index (χ3n) is 7.72. The number of aromatic nitrogens is 2. The van der Waals surface area contributed by atoms with Crippen molar-refractivity contribution in [3.05, 3.63) is 66.2 Å². The lowest BCUT2D eigenvalue weighted by atomic mass is 9.89. The molecule has 0 atom stereocenters. The summed E-state index contributed by atoms with van der Waals surface area (Å²) in [6.07, 6.45) is 10.6. The Bertz CT molecular complexity index is 1480. The van der Waals surface area contributed by atoms with Crippen LogP contribution in [0.1, 0.15) is 37.7 Å². The van der Waals surface area contributed by atoms with E-state index in [0.717, 1.165) is 52.3 Å². The molecule has 0 radical (unpaired) electrons. The molecular formula is C30H29FN4O. The first-order valence-corrected chi connectivity index (χ1v) is 12.8. The number of hydrogen-bond acceptors (Lipinski definition) is 4. The Morgan fingerprint density at radius 3 is 2.72 bits per heavy atom. The molecule has 4 aromatic rings. The summed E-state index contributed by atoms with van der Waals surface area (Å²) in [6, 6.07) is 15.0. The Morgan fingerprint density at radius 1 is 1.08 bits per heavy atom. The predicted octanol–water partition coefficient (Wildman–Crippen LogP) is 6.79. The maximum Gasteiger partial charge on any atom is 0.143 e. The van der Waals surface area contributed by atoms with Crippen LogP contribution in [0, 0.1) is 23.1 Å². The highest BCUT2D eigenvalue weighted by atomic mass is 19.1. The zero-order valence-corrected chi connectivity index (χ0v) is 20.5. The van der Waals surface area contributed by atoms with Crippen LogP contribution in [0.4, 0.5) is 10.1 Å². The highest BCUT2D eigenvalue weighted by Crippen LogP contribution is 2.41. The Kier molecular flexibility index (Phi) is 5.85. The number of anilines is 1. The lowest BCUT2D eigenvalue weighted by Crippen LogP contribution is -2.28. The van der Waals surface area contributed by atoms with Crippen LogP contribution in [0.5, 0.6) is 5.75 Å². The Hall–Kier alpha value is -3.85. The average Bonchev–Trinajstić information content (AvgIpc) is 3.31. The monoisotopic (exact) mass is 480 g/mol. The molecule has 0 saturated heterocycles. The molecule has 0 amide bonds. The molecular weight excluding hydrogens is 451 g/mol. The molecule has 5 nitrogen and oxygen atoms in total. The molecule has 0 spiro atoms. The van der Waals surface area contributed by atoms with E-state index in [9.17, 15) is 9.65 Å². The van der Waals surface area contributed by atoms with Crippen LogP contribution in [-0.2, 0) is 6.54 Å². The molecule has 36 heavy (non-hydrogen) atoms. The second-order valence-corrected chi connectivity index (χ2v) is 10.0. The Balaban J connectivity index is 1.51. The molecule has 0 N–H and O–H groups in total. The molecule has 0 unspecified atom stereocenters. The molecule has 6 rings (SSSR count). The molecule has 182 valence electrons. The van der Waals surface area contributed by atoms with Crippen LogP contribution >= 0.6 is 0 Å². The fourth-order valence-corrected chi connectivity index (χ4v) is 5.74. The summed E-state index contributed by atoms with van der Waals surface area (Å²) in [5.74, 6) is 0.990. The topological polar surface area (TPSA) is 54.1 Å². The normalized spacial score (nSPS) is 16.0. The lowest BCUT2D eigenvalue weighted by Gasteiger charge is -2.28. The van der Waals surface area contributed by atoms with Gasteiger partial charge in [-0.25, -0.2) is 4.39 Å². The Morgan fingerprint density at radius 2 is 1.92 bits per heavy atom. The first-order chi connectivity index (χ1) is 17.6. The van der Waals surface area contributed by atoms with Crippen molar-refractivity contribution in [1.82, 2.24) is 9.55 Å². The Labute approximate surface area is 210 Å². The fourth-order valence-electron chi connectivity index (χ4n) is 5.74. The molecule has 6 heteroatoms. The molecule has 2 aromatic heterocycles. The van der Waals surface area contributed by atoms with Gasteiger partial charge in [-0.05, 0) is 54.7 Å². The largest absolute Gasteiger partial charge is 0.490 e. The fraction of sp³-hybridized carbons (Fsp3) is 0.333. The van der Waals surface area contributed by atoms with E-state index in [-0.39, 0.29) is 5.56 Å². The van der Waals surface area contributed by atoms with E-state index >= 15 is 0 Å².